The first-order chi connectivity index (χ1) is 12.5. The average molecular weight is 385 g/mol. The van der Waals surface area contributed by atoms with Gasteiger partial charge in [0.25, 0.3) is 5.69 Å². The van der Waals surface area contributed by atoms with Crippen molar-refractivity contribution in [2.45, 2.75) is 10.1 Å². The number of H-pyrrole nitrogens is 1. The number of rotatable bonds is 6. The van der Waals surface area contributed by atoms with Crippen LogP contribution in [-0.4, -0.2) is 26.6 Å². The Kier molecular flexibility index (Phi) is 5.40. The van der Waals surface area contributed by atoms with Gasteiger partial charge in [-0.05, 0) is 42.1 Å². The standard InChI is InChI=1S/C16H11N5O3S2/c17-9-26-12-4-1-10(2-5-12)18-15(22)8-25-16-19-13-6-3-11(21(23)24)7-14(13)20-16/h1-7H,8H2,(H,18,22)(H,19,20). The van der Waals surface area contributed by atoms with Crippen LogP contribution >= 0.6 is 23.5 Å². The number of thiocyanates is 1. The number of imidazole rings is 1. The molecule has 0 aliphatic carbocycles. The molecule has 0 spiro atoms. The molecule has 26 heavy (non-hydrogen) atoms. The van der Waals surface area contributed by atoms with Crippen LogP contribution in [-0.2, 0) is 4.79 Å². The number of amides is 1. The van der Waals surface area contributed by atoms with Gasteiger partial charge in [0.2, 0.25) is 5.91 Å². The minimum absolute atomic E-state index is 0.0200. The molecule has 0 aliphatic rings. The topological polar surface area (TPSA) is 125 Å². The van der Waals surface area contributed by atoms with E-state index < -0.39 is 4.92 Å². The molecule has 0 atom stereocenters. The molecule has 1 heterocycles. The second-order valence-corrected chi connectivity index (χ2v) is 6.88. The highest BCUT2D eigenvalue weighted by Crippen LogP contribution is 2.23. The van der Waals surface area contributed by atoms with Gasteiger partial charge in [0.1, 0.15) is 5.40 Å². The zero-order chi connectivity index (χ0) is 18.5. The van der Waals surface area contributed by atoms with Crippen LogP contribution in [0.5, 0.6) is 0 Å². The number of hydrogen-bond acceptors (Lipinski definition) is 7. The predicted octanol–water partition coefficient (Wildman–Crippen LogP) is 3.78. The van der Waals surface area contributed by atoms with Gasteiger partial charge in [-0.2, -0.15) is 5.26 Å². The van der Waals surface area contributed by atoms with Gasteiger partial charge in [-0.3, -0.25) is 14.9 Å². The van der Waals surface area contributed by atoms with E-state index in [1.54, 1.807) is 30.3 Å². The van der Waals surface area contributed by atoms with Crippen molar-refractivity contribution in [2.75, 3.05) is 11.1 Å². The van der Waals surface area contributed by atoms with E-state index >= 15 is 0 Å². The SMILES string of the molecule is N#CSc1ccc(NC(=O)CSc2nc3ccc([N+](=O)[O-])cc3[nH]2)cc1. The smallest absolute Gasteiger partial charge is 0.271 e. The number of anilines is 1. The van der Waals surface area contributed by atoms with E-state index in [1.165, 1.54) is 23.9 Å². The fraction of sp³-hybridized carbons (Fsp3) is 0.0625. The van der Waals surface area contributed by atoms with Gasteiger partial charge in [-0.25, -0.2) is 4.98 Å². The molecular weight excluding hydrogens is 374 g/mol. The van der Waals surface area contributed by atoms with Crippen LogP contribution in [0.25, 0.3) is 11.0 Å². The maximum absolute atomic E-state index is 12.0. The quantitative estimate of drug-likeness (QED) is 0.286. The number of nitro groups is 1. The summed E-state index contributed by atoms with van der Waals surface area (Å²) < 4.78 is 0. The largest absolute Gasteiger partial charge is 0.333 e. The fourth-order valence-electron chi connectivity index (χ4n) is 2.15. The summed E-state index contributed by atoms with van der Waals surface area (Å²) in [5.41, 5.74) is 1.77. The Balaban J connectivity index is 1.59. The Morgan fingerprint density at radius 3 is 2.77 bits per heavy atom. The molecule has 0 radical (unpaired) electrons. The van der Waals surface area contributed by atoms with Gasteiger partial charge in [0.15, 0.2) is 5.16 Å². The van der Waals surface area contributed by atoms with Gasteiger partial charge in [0, 0.05) is 22.7 Å². The number of nitrogens with one attached hydrogen (secondary N) is 2. The van der Waals surface area contributed by atoms with E-state index in [0.717, 1.165) is 16.7 Å². The van der Waals surface area contributed by atoms with Gasteiger partial charge in [-0.15, -0.1) is 0 Å². The molecule has 2 N–H and O–H groups in total. The Morgan fingerprint density at radius 1 is 1.31 bits per heavy atom. The lowest BCUT2D eigenvalue weighted by atomic mass is 10.3. The van der Waals surface area contributed by atoms with Crippen LogP contribution in [0.3, 0.4) is 0 Å². The summed E-state index contributed by atoms with van der Waals surface area (Å²) >= 11 is 2.25. The summed E-state index contributed by atoms with van der Waals surface area (Å²) in [6.45, 7) is 0. The van der Waals surface area contributed by atoms with E-state index in [1.807, 2.05) is 5.40 Å². The number of non-ortho nitro benzene ring substituents is 1. The molecule has 0 bridgehead atoms. The highest BCUT2D eigenvalue weighted by molar-refractivity contribution is 8.03. The van der Waals surface area contributed by atoms with Gasteiger partial charge in [0.05, 0.1) is 21.7 Å². The van der Waals surface area contributed by atoms with E-state index in [0.29, 0.717) is 21.9 Å². The van der Waals surface area contributed by atoms with E-state index in [9.17, 15) is 14.9 Å². The van der Waals surface area contributed by atoms with Crippen LogP contribution in [0.1, 0.15) is 0 Å². The molecule has 8 nitrogen and oxygen atoms in total. The molecule has 0 saturated carbocycles. The third kappa shape index (κ3) is 4.33. The Labute approximate surface area is 156 Å². The summed E-state index contributed by atoms with van der Waals surface area (Å²) in [4.78, 5) is 30.4. The summed E-state index contributed by atoms with van der Waals surface area (Å²) in [6, 6.07) is 11.3. The van der Waals surface area contributed by atoms with E-state index in [-0.39, 0.29) is 17.3 Å². The second-order valence-electron chi connectivity index (χ2n) is 5.06. The summed E-state index contributed by atoms with van der Waals surface area (Å²) in [5, 5.41) is 24.6. The van der Waals surface area contributed by atoms with Crippen molar-refractivity contribution in [3.63, 3.8) is 0 Å². The first-order valence-electron chi connectivity index (χ1n) is 7.28. The zero-order valence-electron chi connectivity index (χ0n) is 13.1. The summed E-state index contributed by atoms with van der Waals surface area (Å²) in [6.07, 6.45) is 0. The van der Waals surface area contributed by atoms with Crippen molar-refractivity contribution in [1.82, 2.24) is 9.97 Å². The molecule has 0 unspecified atom stereocenters. The van der Waals surface area contributed by atoms with Gasteiger partial charge >= 0.3 is 0 Å². The van der Waals surface area contributed by atoms with Crippen molar-refractivity contribution >= 4 is 51.8 Å². The summed E-state index contributed by atoms with van der Waals surface area (Å²) in [5.74, 6) is -0.0708. The minimum Gasteiger partial charge on any atom is -0.333 e. The van der Waals surface area contributed by atoms with Crippen LogP contribution in [0.2, 0.25) is 0 Å². The molecule has 0 saturated heterocycles. The van der Waals surface area contributed by atoms with Gasteiger partial charge < -0.3 is 10.3 Å². The number of thioether (sulfide) groups is 2. The highest BCUT2D eigenvalue weighted by Gasteiger charge is 2.11. The maximum atomic E-state index is 12.0. The Morgan fingerprint density at radius 2 is 2.08 bits per heavy atom. The van der Waals surface area contributed by atoms with Gasteiger partial charge in [-0.1, -0.05) is 11.8 Å². The van der Waals surface area contributed by atoms with Crippen LogP contribution in [0, 0.1) is 20.8 Å². The third-order valence-corrected chi connectivity index (χ3v) is 4.77. The van der Waals surface area contributed by atoms with Crippen molar-refractivity contribution in [2.24, 2.45) is 0 Å². The lowest BCUT2D eigenvalue weighted by molar-refractivity contribution is -0.384. The number of carbonyl (C=O) groups is 1. The first kappa shape index (κ1) is 17.8. The van der Waals surface area contributed by atoms with Crippen molar-refractivity contribution in [3.05, 3.63) is 52.6 Å². The molecule has 3 rings (SSSR count). The number of hydrogen-bond donors (Lipinski definition) is 2. The van der Waals surface area contributed by atoms with E-state index in [4.69, 9.17) is 5.26 Å². The van der Waals surface area contributed by atoms with Crippen LogP contribution < -0.4 is 5.32 Å². The number of aromatic amines is 1. The number of fused-ring (bicyclic) bond motifs is 1. The lowest BCUT2D eigenvalue weighted by Gasteiger charge is -2.04. The zero-order valence-corrected chi connectivity index (χ0v) is 14.8. The molecule has 1 aromatic heterocycles. The molecule has 0 fully saturated rings. The number of aromatic nitrogens is 2. The third-order valence-electron chi connectivity index (χ3n) is 3.30. The minimum atomic E-state index is -0.471. The lowest BCUT2D eigenvalue weighted by Crippen LogP contribution is -2.13. The Hall–Kier alpha value is -3.03. The van der Waals surface area contributed by atoms with Crippen molar-refractivity contribution < 1.29 is 9.72 Å². The summed E-state index contributed by atoms with van der Waals surface area (Å²) in [7, 11) is 0. The molecule has 2 aromatic carbocycles. The molecule has 10 heteroatoms. The molecule has 130 valence electrons. The monoisotopic (exact) mass is 385 g/mol. The predicted molar refractivity (Wildman–Crippen MR) is 100 cm³/mol. The molecule has 3 aromatic rings. The Bertz CT molecular complexity index is 1010. The number of nitrogens with zero attached hydrogens (tertiary/aromatic N) is 3. The molecule has 0 aliphatic heterocycles. The maximum Gasteiger partial charge on any atom is 0.271 e. The second kappa shape index (κ2) is 7.90. The van der Waals surface area contributed by atoms with Crippen molar-refractivity contribution in [3.8, 4) is 5.40 Å². The number of benzene rings is 2. The number of nitro benzene ring substituents is 1. The molecular formula is C16H11N5O3S2. The van der Waals surface area contributed by atoms with Crippen molar-refractivity contribution in [1.29, 1.82) is 5.26 Å². The normalized spacial score (nSPS) is 10.4. The fourth-order valence-corrected chi connectivity index (χ4v) is 3.21. The number of carbonyl (C=O) groups excluding carboxylic acids is 1. The average Bonchev–Trinajstić information content (AvgIpc) is 3.04. The number of nitriles is 1. The van der Waals surface area contributed by atoms with E-state index in [2.05, 4.69) is 15.3 Å². The van der Waals surface area contributed by atoms with Crippen LogP contribution in [0.15, 0.2) is 52.5 Å². The first-order valence-corrected chi connectivity index (χ1v) is 9.08. The van der Waals surface area contributed by atoms with Crippen LogP contribution in [0.4, 0.5) is 11.4 Å². The molecule has 1 amide bonds. The highest BCUT2D eigenvalue weighted by atomic mass is 32.2.